The van der Waals surface area contributed by atoms with E-state index in [9.17, 15) is 5.11 Å². The molecule has 1 N–H and O–H groups in total. The molecule has 0 radical (unpaired) electrons. The highest BCUT2D eigenvalue weighted by molar-refractivity contribution is 5.44. The van der Waals surface area contributed by atoms with Crippen LogP contribution in [0.15, 0.2) is 24.8 Å². The van der Waals surface area contributed by atoms with Crippen molar-refractivity contribution in [1.82, 2.24) is 0 Å². The lowest BCUT2D eigenvalue weighted by atomic mass is 9.77. The van der Waals surface area contributed by atoms with Crippen LogP contribution in [-0.4, -0.2) is 5.11 Å². The molecular weight excluding hydrogens is 184 g/mol. The van der Waals surface area contributed by atoms with E-state index >= 15 is 0 Å². The van der Waals surface area contributed by atoms with Gasteiger partial charge in [0.15, 0.2) is 0 Å². The van der Waals surface area contributed by atoms with E-state index in [1.807, 2.05) is 0 Å². The Morgan fingerprint density at radius 3 is 2.80 bits per heavy atom. The topological polar surface area (TPSA) is 20.2 Å². The number of fused-ring (bicyclic) bond motifs is 1. The zero-order valence-electron chi connectivity index (χ0n) is 9.51. The van der Waals surface area contributed by atoms with Crippen molar-refractivity contribution in [2.75, 3.05) is 0 Å². The maximum atomic E-state index is 10.5. The first-order valence-corrected chi connectivity index (χ1v) is 5.53. The highest BCUT2D eigenvalue weighted by atomic mass is 16.3. The molecule has 1 heteroatoms. The van der Waals surface area contributed by atoms with Gasteiger partial charge in [-0.2, -0.15) is 0 Å². The lowest BCUT2D eigenvalue weighted by Gasteiger charge is -2.33. The van der Waals surface area contributed by atoms with Crippen molar-refractivity contribution in [2.24, 2.45) is 0 Å². The fraction of sp³-hybridized carbons (Fsp3) is 0.429. The third-order valence-corrected chi connectivity index (χ3v) is 3.41. The van der Waals surface area contributed by atoms with Crippen LogP contribution >= 0.6 is 0 Å². The van der Waals surface area contributed by atoms with E-state index in [1.165, 1.54) is 16.7 Å². The predicted octanol–water partition coefficient (Wildman–Crippen LogP) is 3.01. The van der Waals surface area contributed by atoms with Crippen molar-refractivity contribution >= 4 is 0 Å². The summed E-state index contributed by atoms with van der Waals surface area (Å²) in [5.41, 5.74) is 4.10. The summed E-state index contributed by atoms with van der Waals surface area (Å²) in [7, 11) is 0. The van der Waals surface area contributed by atoms with Crippen LogP contribution in [0, 0.1) is 13.8 Å². The van der Waals surface area contributed by atoms with E-state index in [1.54, 1.807) is 6.08 Å². The Morgan fingerprint density at radius 1 is 1.40 bits per heavy atom. The van der Waals surface area contributed by atoms with Gasteiger partial charge in [-0.05, 0) is 49.8 Å². The standard InChI is InChI=1S/C14H18O/c1-4-14(15)7-5-6-12-11(3)8-10(2)9-13(12)14/h4,8-9,15H,1,5-7H2,2-3H3. The largest absolute Gasteiger partial charge is 0.381 e. The Morgan fingerprint density at radius 2 is 2.13 bits per heavy atom. The highest BCUT2D eigenvalue weighted by Crippen LogP contribution is 2.38. The third kappa shape index (κ3) is 1.61. The Balaban J connectivity index is 2.65. The first-order valence-electron chi connectivity index (χ1n) is 5.53. The quantitative estimate of drug-likeness (QED) is 0.694. The van der Waals surface area contributed by atoms with Gasteiger partial charge in [-0.1, -0.05) is 30.4 Å². The normalized spacial score (nSPS) is 24.7. The molecule has 1 aliphatic carbocycles. The van der Waals surface area contributed by atoms with Crippen LogP contribution in [0.4, 0.5) is 0 Å². The van der Waals surface area contributed by atoms with Gasteiger partial charge in [0.05, 0.1) is 0 Å². The number of aliphatic hydroxyl groups is 1. The summed E-state index contributed by atoms with van der Waals surface area (Å²) in [5, 5.41) is 10.5. The van der Waals surface area contributed by atoms with E-state index in [0.717, 1.165) is 24.8 Å². The molecule has 0 aromatic heterocycles. The summed E-state index contributed by atoms with van der Waals surface area (Å²) in [4.78, 5) is 0. The summed E-state index contributed by atoms with van der Waals surface area (Å²) in [6, 6.07) is 4.29. The van der Waals surface area contributed by atoms with E-state index in [-0.39, 0.29) is 0 Å². The lowest BCUT2D eigenvalue weighted by Crippen LogP contribution is -2.28. The molecule has 0 fully saturated rings. The van der Waals surface area contributed by atoms with Crippen molar-refractivity contribution in [1.29, 1.82) is 0 Å². The number of rotatable bonds is 1. The smallest absolute Gasteiger partial charge is 0.108 e. The van der Waals surface area contributed by atoms with Crippen molar-refractivity contribution in [2.45, 2.75) is 38.7 Å². The molecule has 0 spiro atoms. The van der Waals surface area contributed by atoms with Gasteiger partial charge >= 0.3 is 0 Å². The zero-order chi connectivity index (χ0) is 11.1. The molecule has 0 bridgehead atoms. The van der Waals surface area contributed by atoms with Crippen molar-refractivity contribution in [3.05, 3.63) is 47.0 Å². The molecule has 15 heavy (non-hydrogen) atoms. The lowest BCUT2D eigenvalue weighted by molar-refractivity contribution is 0.0701. The average molecular weight is 202 g/mol. The zero-order valence-corrected chi connectivity index (χ0v) is 9.51. The van der Waals surface area contributed by atoms with E-state index in [0.29, 0.717) is 0 Å². The highest BCUT2D eigenvalue weighted by Gasteiger charge is 2.31. The molecule has 0 aliphatic heterocycles. The van der Waals surface area contributed by atoms with Crippen LogP contribution in [0.1, 0.15) is 35.1 Å². The predicted molar refractivity (Wildman–Crippen MR) is 62.9 cm³/mol. The van der Waals surface area contributed by atoms with Gasteiger partial charge < -0.3 is 5.11 Å². The molecule has 1 atom stereocenters. The fourth-order valence-electron chi connectivity index (χ4n) is 2.60. The van der Waals surface area contributed by atoms with Gasteiger partial charge in [-0.3, -0.25) is 0 Å². The number of hydrogen-bond donors (Lipinski definition) is 1. The van der Waals surface area contributed by atoms with Gasteiger partial charge in [0, 0.05) is 0 Å². The summed E-state index contributed by atoms with van der Waals surface area (Å²) >= 11 is 0. The van der Waals surface area contributed by atoms with Gasteiger partial charge in [0.2, 0.25) is 0 Å². The molecule has 0 saturated heterocycles. The minimum absolute atomic E-state index is 0.798. The second-order valence-corrected chi connectivity index (χ2v) is 4.59. The molecule has 0 heterocycles. The van der Waals surface area contributed by atoms with Crippen molar-refractivity contribution in [3.63, 3.8) is 0 Å². The van der Waals surface area contributed by atoms with Crippen molar-refractivity contribution in [3.8, 4) is 0 Å². The third-order valence-electron chi connectivity index (χ3n) is 3.41. The molecule has 1 aliphatic rings. The minimum Gasteiger partial charge on any atom is -0.381 e. The van der Waals surface area contributed by atoms with E-state index in [4.69, 9.17) is 0 Å². The molecule has 1 nitrogen and oxygen atoms in total. The van der Waals surface area contributed by atoms with Crippen LogP contribution < -0.4 is 0 Å². The van der Waals surface area contributed by atoms with Crippen LogP contribution in [0.2, 0.25) is 0 Å². The number of aryl methyl sites for hydroxylation is 2. The molecule has 0 saturated carbocycles. The van der Waals surface area contributed by atoms with Crippen LogP contribution in [0.3, 0.4) is 0 Å². The molecule has 0 amide bonds. The van der Waals surface area contributed by atoms with E-state index in [2.05, 4.69) is 32.6 Å². The molecule has 1 aromatic rings. The molecule has 1 unspecified atom stereocenters. The number of benzene rings is 1. The summed E-state index contributed by atoms with van der Waals surface area (Å²) in [6.07, 6.45) is 4.60. The van der Waals surface area contributed by atoms with Crippen LogP contribution in [0.5, 0.6) is 0 Å². The van der Waals surface area contributed by atoms with Gasteiger partial charge in [-0.25, -0.2) is 0 Å². The fourth-order valence-corrected chi connectivity index (χ4v) is 2.60. The van der Waals surface area contributed by atoms with E-state index < -0.39 is 5.60 Å². The average Bonchev–Trinajstić information content (AvgIpc) is 2.20. The van der Waals surface area contributed by atoms with Crippen LogP contribution in [0.25, 0.3) is 0 Å². The first kappa shape index (κ1) is 10.4. The monoisotopic (exact) mass is 202 g/mol. The number of hydrogen-bond acceptors (Lipinski definition) is 1. The maximum absolute atomic E-state index is 10.5. The Labute approximate surface area is 91.4 Å². The Kier molecular flexibility index (Phi) is 2.43. The van der Waals surface area contributed by atoms with Crippen LogP contribution in [-0.2, 0) is 12.0 Å². The molecular formula is C14H18O. The summed E-state index contributed by atoms with van der Waals surface area (Å²) < 4.78 is 0. The summed E-state index contributed by atoms with van der Waals surface area (Å²) in [6.45, 7) is 7.96. The molecule has 80 valence electrons. The first-order chi connectivity index (χ1) is 7.07. The second kappa shape index (κ2) is 3.49. The van der Waals surface area contributed by atoms with Gasteiger partial charge in [-0.15, -0.1) is 0 Å². The Hall–Kier alpha value is -1.08. The second-order valence-electron chi connectivity index (χ2n) is 4.59. The maximum Gasteiger partial charge on any atom is 0.108 e. The molecule has 1 aromatic carbocycles. The van der Waals surface area contributed by atoms with Gasteiger partial charge in [0.25, 0.3) is 0 Å². The Bertz CT molecular complexity index is 406. The SMILES string of the molecule is C=CC1(O)CCCc2c(C)cc(C)cc21. The van der Waals surface area contributed by atoms with Crippen molar-refractivity contribution < 1.29 is 5.11 Å². The minimum atomic E-state index is -0.801. The summed E-state index contributed by atoms with van der Waals surface area (Å²) in [5.74, 6) is 0. The van der Waals surface area contributed by atoms with Gasteiger partial charge in [0.1, 0.15) is 5.60 Å². The molecule has 2 rings (SSSR count).